The fraction of sp³-hybridized carbons (Fsp3) is 0.433. The monoisotopic (exact) mass is 597 g/mol. The second-order valence-electron chi connectivity index (χ2n) is 10.9. The van der Waals surface area contributed by atoms with E-state index in [1.54, 1.807) is 20.3 Å². The first-order valence-electron chi connectivity index (χ1n) is 13.8. The number of hydrogen-bond acceptors (Lipinski definition) is 10. The minimum atomic E-state index is -3.84. The van der Waals surface area contributed by atoms with E-state index >= 15 is 0 Å². The second-order valence-corrected chi connectivity index (χ2v) is 13.3. The average Bonchev–Trinajstić information content (AvgIpc) is 2.97. The first kappa shape index (κ1) is 31.0. The van der Waals surface area contributed by atoms with E-state index in [1.807, 2.05) is 43.3 Å². The zero-order valence-corrected chi connectivity index (χ0v) is 25.8. The molecule has 2 aromatic carbocycles. The molecule has 3 aromatic rings. The lowest BCUT2D eigenvalue weighted by Crippen LogP contribution is -2.46. The van der Waals surface area contributed by atoms with Gasteiger partial charge in [-0.3, -0.25) is 9.69 Å². The van der Waals surface area contributed by atoms with Crippen LogP contribution in [-0.4, -0.2) is 81.2 Å². The molecule has 2 heterocycles. The Morgan fingerprint density at radius 2 is 1.60 bits per heavy atom. The second kappa shape index (κ2) is 13.0. The molecular formula is C30H39N5O6S. The predicted octanol–water partition coefficient (Wildman–Crippen LogP) is 3.74. The fourth-order valence-electron chi connectivity index (χ4n) is 4.54. The molecule has 0 saturated carbocycles. The number of piperazine rings is 1. The van der Waals surface area contributed by atoms with Crippen LogP contribution in [0.15, 0.2) is 48.5 Å². The van der Waals surface area contributed by atoms with Gasteiger partial charge in [0.1, 0.15) is 17.2 Å². The molecule has 1 aliphatic heterocycles. The average molecular weight is 598 g/mol. The molecular weight excluding hydrogens is 558 g/mol. The summed E-state index contributed by atoms with van der Waals surface area (Å²) in [6.07, 6.45) is 0. The first-order chi connectivity index (χ1) is 20.0. The number of nitrogens with one attached hydrogen (secondary N) is 1. The van der Waals surface area contributed by atoms with Crippen LogP contribution in [0.3, 0.4) is 0 Å². The normalized spacial score (nSPS) is 14.4. The van der Waals surface area contributed by atoms with Gasteiger partial charge >= 0.3 is 0 Å². The number of anilines is 1. The summed E-state index contributed by atoms with van der Waals surface area (Å²) in [7, 11) is -0.516. The lowest BCUT2D eigenvalue weighted by molar-refractivity contribution is 0.0974. The lowest BCUT2D eigenvalue weighted by Gasteiger charge is -2.35. The maximum absolute atomic E-state index is 12.4. The first-order valence-corrected chi connectivity index (χ1v) is 15.3. The number of benzene rings is 2. The highest BCUT2D eigenvalue weighted by molar-refractivity contribution is 7.91. The lowest BCUT2D eigenvalue weighted by atomic mass is 10.0. The van der Waals surface area contributed by atoms with Crippen LogP contribution in [0, 0.1) is 0 Å². The van der Waals surface area contributed by atoms with Crippen molar-refractivity contribution >= 4 is 21.7 Å². The van der Waals surface area contributed by atoms with Gasteiger partial charge in [-0.05, 0) is 75.2 Å². The van der Waals surface area contributed by atoms with E-state index in [2.05, 4.69) is 24.7 Å². The SMILES string of the molecule is CCOc1cccc(-c2cc(OC)c(CN3CCN(c4ccc(C(=O)NS(=O)(=O)C(C)(C)C)nn4)CC3)c(OC)c2)c1. The number of aromatic nitrogens is 2. The predicted molar refractivity (Wildman–Crippen MR) is 162 cm³/mol. The van der Waals surface area contributed by atoms with Gasteiger partial charge in [0, 0.05) is 32.7 Å². The number of amides is 1. The summed E-state index contributed by atoms with van der Waals surface area (Å²) in [5.74, 6) is 2.14. The molecule has 1 N–H and O–H groups in total. The highest BCUT2D eigenvalue weighted by Crippen LogP contribution is 2.37. The Morgan fingerprint density at radius 3 is 2.14 bits per heavy atom. The van der Waals surface area contributed by atoms with Gasteiger partial charge < -0.3 is 19.1 Å². The Bertz CT molecular complexity index is 1470. The number of ether oxygens (including phenoxy) is 3. The third-order valence-electron chi connectivity index (χ3n) is 7.08. The van der Waals surface area contributed by atoms with Crippen molar-refractivity contribution in [1.29, 1.82) is 0 Å². The van der Waals surface area contributed by atoms with E-state index in [9.17, 15) is 13.2 Å². The minimum Gasteiger partial charge on any atom is -0.496 e. The molecule has 0 bridgehead atoms. The van der Waals surface area contributed by atoms with Gasteiger partial charge in [-0.2, -0.15) is 0 Å². The van der Waals surface area contributed by atoms with Crippen molar-refractivity contribution in [2.24, 2.45) is 0 Å². The van der Waals surface area contributed by atoms with E-state index in [1.165, 1.54) is 26.8 Å². The molecule has 0 spiro atoms. The molecule has 1 aliphatic rings. The standard InChI is InChI=1S/C30H39N5O6S/c1-7-41-23-10-8-9-21(17-23)22-18-26(39-5)24(27(19-22)40-6)20-34-13-15-35(16-14-34)28-12-11-25(31-32-28)29(36)33-42(37,38)30(2,3)4/h8-12,17-19H,7,13-16,20H2,1-6H3,(H,33,36). The highest BCUT2D eigenvalue weighted by atomic mass is 32.2. The maximum Gasteiger partial charge on any atom is 0.285 e. The Morgan fingerprint density at radius 1 is 0.929 bits per heavy atom. The van der Waals surface area contributed by atoms with Crippen molar-refractivity contribution in [3.63, 3.8) is 0 Å². The number of carbonyl (C=O) groups is 1. The number of methoxy groups -OCH3 is 2. The van der Waals surface area contributed by atoms with E-state index in [0.717, 1.165) is 47.0 Å². The molecule has 0 atom stereocenters. The van der Waals surface area contributed by atoms with Gasteiger partial charge in [-0.15, -0.1) is 10.2 Å². The van der Waals surface area contributed by atoms with E-state index in [-0.39, 0.29) is 5.69 Å². The molecule has 11 nitrogen and oxygen atoms in total. The Hall–Kier alpha value is -3.90. The van der Waals surface area contributed by atoms with Gasteiger partial charge in [0.15, 0.2) is 11.5 Å². The van der Waals surface area contributed by atoms with Gasteiger partial charge in [0.25, 0.3) is 5.91 Å². The number of nitrogens with zero attached hydrogens (tertiary/aromatic N) is 4. The number of hydrogen-bond donors (Lipinski definition) is 1. The van der Waals surface area contributed by atoms with Gasteiger partial charge in [-0.25, -0.2) is 13.1 Å². The largest absolute Gasteiger partial charge is 0.496 e. The van der Waals surface area contributed by atoms with Crippen molar-refractivity contribution in [3.05, 3.63) is 59.8 Å². The molecule has 0 aliphatic carbocycles. The van der Waals surface area contributed by atoms with Crippen LogP contribution in [0.5, 0.6) is 17.2 Å². The summed E-state index contributed by atoms with van der Waals surface area (Å²) in [5, 5.41) is 8.17. The Balaban J connectivity index is 1.41. The summed E-state index contributed by atoms with van der Waals surface area (Å²) in [6, 6.07) is 15.2. The molecule has 1 aromatic heterocycles. The Labute approximate surface area is 247 Å². The molecule has 1 fully saturated rings. The topological polar surface area (TPSA) is 123 Å². The molecule has 0 unspecified atom stereocenters. The van der Waals surface area contributed by atoms with Gasteiger partial charge in [0.05, 0.1) is 31.1 Å². The summed E-state index contributed by atoms with van der Waals surface area (Å²) < 4.78 is 42.8. The number of carbonyl (C=O) groups excluding carboxylic acids is 1. The van der Waals surface area contributed by atoms with Crippen LogP contribution in [0.4, 0.5) is 5.82 Å². The summed E-state index contributed by atoms with van der Waals surface area (Å²) in [4.78, 5) is 16.8. The molecule has 1 amide bonds. The number of sulfonamides is 1. The third-order valence-corrected chi connectivity index (χ3v) is 9.15. The van der Waals surface area contributed by atoms with Crippen LogP contribution in [-0.2, 0) is 16.6 Å². The van der Waals surface area contributed by atoms with Gasteiger partial charge in [-0.1, -0.05) is 12.1 Å². The van der Waals surface area contributed by atoms with Crippen LogP contribution in [0.25, 0.3) is 11.1 Å². The highest BCUT2D eigenvalue weighted by Gasteiger charge is 2.31. The summed E-state index contributed by atoms with van der Waals surface area (Å²) >= 11 is 0. The zero-order valence-electron chi connectivity index (χ0n) is 25.0. The van der Waals surface area contributed by atoms with Crippen molar-refractivity contribution in [2.45, 2.75) is 39.0 Å². The Kier molecular flexibility index (Phi) is 9.57. The molecule has 226 valence electrons. The quantitative estimate of drug-likeness (QED) is 0.370. The van der Waals surface area contributed by atoms with Crippen LogP contribution in [0.1, 0.15) is 43.7 Å². The van der Waals surface area contributed by atoms with E-state index < -0.39 is 20.7 Å². The van der Waals surface area contributed by atoms with Crippen molar-refractivity contribution < 1.29 is 27.4 Å². The third kappa shape index (κ3) is 7.11. The molecule has 0 radical (unpaired) electrons. The smallest absolute Gasteiger partial charge is 0.285 e. The minimum absolute atomic E-state index is 0.0579. The fourth-order valence-corrected chi connectivity index (χ4v) is 5.19. The summed E-state index contributed by atoms with van der Waals surface area (Å²) in [6.45, 7) is 10.7. The van der Waals surface area contributed by atoms with E-state index in [0.29, 0.717) is 32.1 Å². The van der Waals surface area contributed by atoms with Crippen LogP contribution < -0.4 is 23.8 Å². The summed E-state index contributed by atoms with van der Waals surface area (Å²) in [5.41, 5.74) is 2.90. The van der Waals surface area contributed by atoms with Crippen LogP contribution >= 0.6 is 0 Å². The molecule has 4 rings (SSSR count). The van der Waals surface area contributed by atoms with Crippen molar-refractivity contribution in [3.8, 4) is 28.4 Å². The van der Waals surface area contributed by atoms with Crippen molar-refractivity contribution in [2.75, 3.05) is 51.9 Å². The molecule has 1 saturated heterocycles. The molecule has 12 heteroatoms. The van der Waals surface area contributed by atoms with Gasteiger partial charge in [0.2, 0.25) is 10.0 Å². The number of rotatable bonds is 10. The van der Waals surface area contributed by atoms with E-state index in [4.69, 9.17) is 14.2 Å². The zero-order chi connectivity index (χ0) is 30.5. The van der Waals surface area contributed by atoms with Crippen molar-refractivity contribution in [1.82, 2.24) is 19.8 Å². The van der Waals surface area contributed by atoms with Crippen LogP contribution in [0.2, 0.25) is 0 Å². The molecule has 42 heavy (non-hydrogen) atoms. The maximum atomic E-state index is 12.4.